The number of hydrogen-bond donors (Lipinski definition) is 0. The molecule has 7 heteroatoms. The molecule has 2 amide bonds. The van der Waals surface area contributed by atoms with Crippen molar-refractivity contribution in [3.63, 3.8) is 0 Å². The van der Waals surface area contributed by atoms with Crippen LogP contribution in [0.25, 0.3) is 16.9 Å². The van der Waals surface area contributed by atoms with E-state index in [1.54, 1.807) is 29.0 Å². The molecular weight excluding hydrogens is 469 g/mol. The maximum absolute atomic E-state index is 14.1. The highest BCUT2D eigenvalue weighted by Crippen LogP contribution is 2.31. The zero-order valence-corrected chi connectivity index (χ0v) is 20.9. The molecule has 5 rings (SSSR count). The Balaban J connectivity index is 1.42. The van der Waals surface area contributed by atoms with Crippen LogP contribution in [0.5, 0.6) is 5.75 Å². The van der Waals surface area contributed by atoms with Crippen LogP contribution in [0, 0.1) is 12.7 Å². The van der Waals surface area contributed by atoms with Gasteiger partial charge >= 0.3 is 0 Å². The largest absolute Gasteiger partial charge is 0.497 e. The van der Waals surface area contributed by atoms with E-state index in [-0.39, 0.29) is 17.4 Å². The second kappa shape index (κ2) is 10.3. The van der Waals surface area contributed by atoms with Gasteiger partial charge in [-0.25, -0.2) is 4.39 Å². The van der Waals surface area contributed by atoms with E-state index in [0.717, 1.165) is 28.4 Å². The summed E-state index contributed by atoms with van der Waals surface area (Å²) in [7, 11) is 1.63. The fraction of sp³-hybridized carbons (Fsp3) is 0.200. The maximum Gasteiger partial charge on any atom is 0.256 e. The van der Waals surface area contributed by atoms with Crippen LogP contribution in [-0.2, 0) is 0 Å². The Bertz CT molecular complexity index is 1440. The average Bonchev–Trinajstić information content (AvgIpc) is 3.30. The molecule has 1 saturated heterocycles. The van der Waals surface area contributed by atoms with Crippen molar-refractivity contribution in [3.8, 4) is 22.7 Å². The van der Waals surface area contributed by atoms with Gasteiger partial charge in [-0.05, 0) is 42.8 Å². The number of halogens is 1. The van der Waals surface area contributed by atoms with Crippen molar-refractivity contribution < 1.29 is 18.7 Å². The molecule has 0 unspecified atom stereocenters. The summed E-state index contributed by atoms with van der Waals surface area (Å²) in [5.41, 5.74) is 4.28. The van der Waals surface area contributed by atoms with Crippen LogP contribution >= 0.6 is 0 Å². The van der Waals surface area contributed by atoms with Gasteiger partial charge in [0.1, 0.15) is 11.6 Å². The molecule has 1 aromatic heterocycles. The first-order chi connectivity index (χ1) is 18.0. The molecular formula is C30H28FN3O3. The molecule has 6 nitrogen and oxygen atoms in total. The normalized spacial score (nSPS) is 13.5. The number of hydrogen-bond acceptors (Lipinski definition) is 3. The van der Waals surface area contributed by atoms with E-state index in [0.29, 0.717) is 31.7 Å². The molecule has 188 valence electrons. The molecule has 2 heterocycles. The number of carbonyl (C=O) groups is 2. The summed E-state index contributed by atoms with van der Waals surface area (Å²) >= 11 is 0. The van der Waals surface area contributed by atoms with Crippen molar-refractivity contribution in [3.05, 3.63) is 108 Å². The lowest BCUT2D eigenvalue weighted by Gasteiger charge is -2.35. The van der Waals surface area contributed by atoms with Gasteiger partial charge in [-0.1, -0.05) is 48.5 Å². The Labute approximate surface area is 215 Å². The molecule has 1 aliphatic rings. The first-order valence-corrected chi connectivity index (χ1v) is 12.2. The summed E-state index contributed by atoms with van der Waals surface area (Å²) < 4.78 is 21.6. The maximum atomic E-state index is 14.1. The highest BCUT2D eigenvalue weighted by Gasteiger charge is 2.29. The number of methoxy groups -OCH3 is 1. The van der Waals surface area contributed by atoms with Gasteiger partial charge in [0, 0.05) is 43.6 Å². The summed E-state index contributed by atoms with van der Waals surface area (Å²) in [6.45, 7) is 3.39. The van der Waals surface area contributed by atoms with Crippen LogP contribution in [0.15, 0.2) is 84.9 Å². The van der Waals surface area contributed by atoms with Crippen LogP contribution in [0.3, 0.4) is 0 Å². The molecule has 0 N–H and O–H groups in total. The zero-order chi connectivity index (χ0) is 25.9. The molecule has 0 spiro atoms. The summed E-state index contributed by atoms with van der Waals surface area (Å²) in [5, 5.41) is 0. The average molecular weight is 498 g/mol. The lowest BCUT2D eigenvalue weighted by Crippen LogP contribution is -2.50. The smallest absolute Gasteiger partial charge is 0.256 e. The number of ether oxygens (including phenoxy) is 1. The fourth-order valence-electron chi connectivity index (χ4n) is 4.81. The third-order valence-electron chi connectivity index (χ3n) is 6.82. The lowest BCUT2D eigenvalue weighted by molar-refractivity contribution is 0.0532. The lowest BCUT2D eigenvalue weighted by atomic mass is 10.1. The van der Waals surface area contributed by atoms with Crippen LogP contribution in [0.1, 0.15) is 26.4 Å². The van der Waals surface area contributed by atoms with Gasteiger partial charge in [0.15, 0.2) is 0 Å². The number of piperazine rings is 1. The molecule has 0 bridgehead atoms. The minimum atomic E-state index is -0.533. The van der Waals surface area contributed by atoms with Gasteiger partial charge in [0.05, 0.1) is 23.9 Å². The molecule has 1 aliphatic heterocycles. The highest BCUT2D eigenvalue weighted by atomic mass is 19.1. The van der Waals surface area contributed by atoms with Crippen LogP contribution in [-0.4, -0.2) is 59.5 Å². The number of carbonyl (C=O) groups excluding carboxylic acids is 2. The number of amides is 2. The van der Waals surface area contributed by atoms with Gasteiger partial charge in [-0.3, -0.25) is 9.59 Å². The summed E-state index contributed by atoms with van der Waals surface area (Å²) in [6.07, 6.45) is 0. The summed E-state index contributed by atoms with van der Waals surface area (Å²) in [4.78, 5) is 29.9. The number of rotatable bonds is 5. The standard InChI is InChI=1S/C30H28FN3O3/c1-21-26(30(36)33-17-15-32(16-18-33)29(35)25-13-6-7-14-27(25)31)20-28(22-9-4-3-5-10-22)34(21)23-11-8-12-24(19-23)37-2/h3-14,19-20H,15-18H2,1-2H3. The number of aromatic nitrogens is 1. The van der Waals surface area contributed by atoms with Crippen molar-refractivity contribution in [2.45, 2.75) is 6.92 Å². The SMILES string of the molecule is COc1cccc(-n2c(-c3ccccc3)cc(C(=O)N3CCN(C(=O)c4ccccc4F)CC3)c2C)c1. The summed E-state index contributed by atoms with van der Waals surface area (Å²) in [6, 6.07) is 25.6. The van der Waals surface area contributed by atoms with Crippen molar-refractivity contribution in [1.82, 2.24) is 14.4 Å². The monoisotopic (exact) mass is 497 g/mol. The second-order valence-corrected chi connectivity index (χ2v) is 9.00. The zero-order valence-electron chi connectivity index (χ0n) is 20.9. The Morgan fingerprint density at radius 2 is 1.38 bits per heavy atom. The van der Waals surface area contributed by atoms with Crippen LogP contribution < -0.4 is 4.74 Å². The van der Waals surface area contributed by atoms with Gasteiger partial charge in [0.25, 0.3) is 11.8 Å². The van der Waals surface area contributed by atoms with E-state index in [1.165, 1.54) is 12.1 Å². The Morgan fingerprint density at radius 1 is 0.757 bits per heavy atom. The third kappa shape index (κ3) is 4.72. The first-order valence-electron chi connectivity index (χ1n) is 12.2. The highest BCUT2D eigenvalue weighted by molar-refractivity contribution is 5.98. The molecule has 3 aromatic carbocycles. The molecule has 1 fully saturated rings. The molecule has 37 heavy (non-hydrogen) atoms. The molecule has 4 aromatic rings. The van der Waals surface area contributed by atoms with E-state index in [4.69, 9.17) is 4.74 Å². The van der Waals surface area contributed by atoms with Gasteiger partial charge < -0.3 is 19.1 Å². The van der Waals surface area contributed by atoms with E-state index in [9.17, 15) is 14.0 Å². The van der Waals surface area contributed by atoms with Crippen molar-refractivity contribution in [1.29, 1.82) is 0 Å². The molecule has 0 radical (unpaired) electrons. The molecule has 0 saturated carbocycles. The van der Waals surface area contributed by atoms with E-state index >= 15 is 0 Å². The van der Waals surface area contributed by atoms with E-state index in [1.807, 2.05) is 67.6 Å². The van der Waals surface area contributed by atoms with Crippen molar-refractivity contribution in [2.24, 2.45) is 0 Å². The Kier molecular flexibility index (Phi) is 6.77. The van der Waals surface area contributed by atoms with Gasteiger partial charge in [-0.15, -0.1) is 0 Å². The minimum Gasteiger partial charge on any atom is -0.497 e. The van der Waals surface area contributed by atoms with Crippen molar-refractivity contribution in [2.75, 3.05) is 33.3 Å². The predicted molar refractivity (Wildman–Crippen MR) is 141 cm³/mol. The minimum absolute atomic E-state index is 0.0565. The van der Waals surface area contributed by atoms with Crippen LogP contribution in [0.2, 0.25) is 0 Å². The van der Waals surface area contributed by atoms with Gasteiger partial charge in [-0.2, -0.15) is 0 Å². The first kappa shape index (κ1) is 24.3. The predicted octanol–water partition coefficient (Wildman–Crippen LogP) is 5.20. The number of benzene rings is 3. The Hall–Kier alpha value is -4.39. The van der Waals surface area contributed by atoms with Crippen molar-refractivity contribution >= 4 is 11.8 Å². The van der Waals surface area contributed by atoms with E-state index in [2.05, 4.69) is 4.57 Å². The third-order valence-corrected chi connectivity index (χ3v) is 6.82. The van der Waals surface area contributed by atoms with E-state index < -0.39 is 5.82 Å². The topological polar surface area (TPSA) is 54.8 Å². The van der Waals surface area contributed by atoms with Gasteiger partial charge in [0.2, 0.25) is 0 Å². The fourth-order valence-corrected chi connectivity index (χ4v) is 4.81. The second-order valence-electron chi connectivity index (χ2n) is 9.00. The van der Waals surface area contributed by atoms with Crippen LogP contribution in [0.4, 0.5) is 4.39 Å². The molecule has 0 aliphatic carbocycles. The summed E-state index contributed by atoms with van der Waals surface area (Å²) in [5.74, 6) is -0.242. The molecule has 0 atom stereocenters. The Morgan fingerprint density at radius 3 is 2.03 bits per heavy atom. The quantitative estimate of drug-likeness (QED) is 0.381. The number of nitrogens with zero attached hydrogens (tertiary/aromatic N) is 3.